The molecule has 0 radical (unpaired) electrons. The van der Waals surface area contributed by atoms with E-state index in [-0.39, 0.29) is 0 Å². The molecule has 80 valence electrons. The highest BCUT2D eigenvalue weighted by Crippen LogP contribution is 2.03. The Kier molecular flexibility index (Phi) is 3.19. The topological polar surface area (TPSA) is 36.7 Å². The summed E-state index contributed by atoms with van der Waals surface area (Å²) in [5.41, 5.74) is 3.45. The van der Waals surface area contributed by atoms with Crippen LogP contribution in [0.25, 0.3) is 0 Å². The van der Waals surface area contributed by atoms with Gasteiger partial charge in [0, 0.05) is 23.5 Å². The molecule has 2 aromatic rings. The van der Waals surface area contributed by atoms with E-state index < -0.39 is 0 Å². The Labute approximate surface area is 101 Å². The highest BCUT2D eigenvalue weighted by atomic mass is 14.6. The summed E-state index contributed by atoms with van der Waals surface area (Å²) in [5, 5.41) is 8.74. The van der Waals surface area contributed by atoms with Crippen LogP contribution in [0.4, 0.5) is 0 Å². The monoisotopic (exact) mass is 218 g/mol. The Morgan fingerprint density at radius 2 is 1.59 bits per heavy atom. The maximum atomic E-state index is 8.74. The summed E-state index contributed by atoms with van der Waals surface area (Å²) in [5.74, 6) is 6.03. The lowest BCUT2D eigenvalue weighted by atomic mass is 10.1. The Bertz CT molecular complexity index is 622. The van der Waals surface area contributed by atoms with Crippen molar-refractivity contribution in [2.24, 2.45) is 0 Å². The molecule has 2 nitrogen and oxygen atoms in total. The molecule has 0 bridgehead atoms. The second-order valence-corrected chi connectivity index (χ2v) is 3.69. The van der Waals surface area contributed by atoms with Gasteiger partial charge in [0.05, 0.1) is 5.56 Å². The van der Waals surface area contributed by atoms with E-state index in [2.05, 4.69) is 16.8 Å². The first-order chi connectivity index (χ1) is 8.28. The van der Waals surface area contributed by atoms with Crippen molar-refractivity contribution in [3.63, 3.8) is 0 Å². The zero-order chi connectivity index (χ0) is 12.1. The Balaban J connectivity index is 2.27. The molecule has 0 aliphatic rings. The van der Waals surface area contributed by atoms with Gasteiger partial charge in [-0.05, 0) is 25.1 Å². The standard InChI is InChI=1S/C15H10N2/c1-12-2-4-13(5-3-12)6-7-14-8-15(9-16)11-17-10-14/h2-5,8,10-11H,1H3. The van der Waals surface area contributed by atoms with E-state index in [1.807, 2.05) is 37.3 Å². The second kappa shape index (κ2) is 4.96. The lowest BCUT2D eigenvalue weighted by Gasteiger charge is -1.92. The number of aryl methyl sites for hydroxylation is 1. The molecule has 0 saturated carbocycles. The van der Waals surface area contributed by atoms with Crippen molar-refractivity contribution in [3.05, 3.63) is 65.0 Å². The third-order valence-electron chi connectivity index (χ3n) is 2.27. The van der Waals surface area contributed by atoms with Crippen LogP contribution in [0.15, 0.2) is 42.7 Å². The number of rotatable bonds is 0. The van der Waals surface area contributed by atoms with Crippen molar-refractivity contribution in [1.82, 2.24) is 4.98 Å². The summed E-state index contributed by atoms with van der Waals surface area (Å²) >= 11 is 0. The third-order valence-corrected chi connectivity index (χ3v) is 2.27. The van der Waals surface area contributed by atoms with E-state index in [0.717, 1.165) is 11.1 Å². The number of hydrogen-bond acceptors (Lipinski definition) is 2. The van der Waals surface area contributed by atoms with Crippen LogP contribution in [0.3, 0.4) is 0 Å². The van der Waals surface area contributed by atoms with Gasteiger partial charge >= 0.3 is 0 Å². The smallest absolute Gasteiger partial charge is 0.101 e. The van der Waals surface area contributed by atoms with Gasteiger partial charge in [-0.2, -0.15) is 5.26 Å². The number of aromatic nitrogens is 1. The summed E-state index contributed by atoms with van der Waals surface area (Å²) in [7, 11) is 0. The average Bonchev–Trinajstić information content (AvgIpc) is 2.38. The average molecular weight is 218 g/mol. The van der Waals surface area contributed by atoms with Crippen LogP contribution < -0.4 is 0 Å². The van der Waals surface area contributed by atoms with E-state index in [1.165, 1.54) is 11.8 Å². The lowest BCUT2D eigenvalue weighted by Crippen LogP contribution is -1.82. The number of hydrogen-bond donors (Lipinski definition) is 0. The summed E-state index contributed by atoms with van der Waals surface area (Å²) in [6.07, 6.45) is 3.18. The van der Waals surface area contributed by atoms with E-state index in [1.54, 1.807) is 12.3 Å². The summed E-state index contributed by atoms with van der Waals surface area (Å²) in [6, 6.07) is 11.8. The van der Waals surface area contributed by atoms with Gasteiger partial charge in [0.15, 0.2) is 0 Å². The predicted octanol–water partition coefficient (Wildman–Crippen LogP) is 2.66. The molecule has 0 amide bonds. The molecule has 0 saturated heterocycles. The van der Waals surface area contributed by atoms with Crippen LogP contribution in [0.5, 0.6) is 0 Å². The minimum absolute atomic E-state index is 0.528. The zero-order valence-electron chi connectivity index (χ0n) is 9.44. The third kappa shape index (κ3) is 2.93. The molecule has 0 atom stereocenters. The van der Waals surface area contributed by atoms with Crippen molar-refractivity contribution in [2.45, 2.75) is 6.92 Å². The van der Waals surface area contributed by atoms with Crippen LogP contribution in [0, 0.1) is 30.1 Å². The van der Waals surface area contributed by atoms with E-state index in [4.69, 9.17) is 5.26 Å². The van der Waals surface area contributed by atoms with Gasteiger partial charge < -0.3 is 0 Å². The molecule has 0 spiro atoms. The highest BCUT2D eigenvalue weighted by Gasteiger charge is 1.92. The van der Waals surface area contributed by atoms with Crippen LogP contribution in [-0.4, -0.2) is 4.98 Å². The van der Waals surface area contributed by atoms with E-state index in [0.29, 0.717) is 5.56 Å². The molecular formula is C15H10N2. The normalized spacial score (nSPS) is 8.94. The largest absolute Gasteiger partial charge is 0.262 e. The second-order valence-electron chi connectivity index (χ2n) is 3.69. The number of nitrogens with zero attached hydrogens (tertiary/aromatic N) is 2. The van der Waals surface area contributed by atoms with Crippen molar-refractivity contribution < 1.29 is 0 Å². The molecule has 1 aromatic carbocycles. The van der Waals surface area contributed by atoms with Crippen LogP contribution in [0.2, 0.25) is 0 Å². The number of benzene rings is 1. The first-order valence-corrected chi connectivity index (χ1v) is 5.22. The van der Waals surface area contributed by atoms with Gasteiger partial charge in [0.2, 0.25) is 0 Å². The van der Waals surface area contributed by atoms with Crippen LogP contribution in [0.1, 0.15) is 22.3 Å². The highest BCUT2D eigenvalue weighted by molar-refractivity contribution is 5.44. The Hall–Kier alpha value is -2.58. The maximum absolute atomic E-state index is 8.74. The summed E-state index contributed by atoms with van der Waals surface area (Å²) < 4.78 is 0. The molecule has 0 aliphatic carbocycles. The fraction of sp³-hybridized carbons (Fsp3) is 0.0667. The van der Waals surface area contributed by atoms with Gasteiger partial charge in [-0.3, -0.25) is 4.98 Å². The molecular weight excluding hydrogens is 208 g/mol. The van der Waals surface area contributed by atoms with Gasteiger partial charge in [-0.25, -0.2) is 0 Å². The fourth-order valence-electron chi connectivity index (χ4n) is 1.35. The van der Waals surface area contributed by atoms with Gasteiger partial charge in [0.1, 0.15) is 6.07 Å². The Morgan fingerprint density at radius 1 is 0.941 bits per heavy atom. The lowest BCUT2D eigenvalue weighted by molar-refractivity contribution is 1.29. The quantitative estimate of drug-likeness (QED) is 0.637. The number of nitriles is 1. The zero-order valence-corrected chi connectivity index (χ0v) is 9.44. The van der Waals surface area contributed by atoms with Crippen molar-refractivity contribution in [3.8, 4) is 17.9 Å². The van der Waals surface area contributed by atoms with Gasteiger partial charge in [0.25, 0.3) is 0 Å². The molecule has 2 heteroatoms. The minimum atomic E-state index is 0.528. The molecule has 1 aromatic heterocycles. The molecule has 2 rings (SSSR count). The molecule has 0 unspecified atom stereocenters. The first kappa shape index (κ1) is 10.9. The van der Waals surface area contributed by atoms with E-state index in [9.17, 15) is 0 Å². The fourth-order valence-corrected chi connectivity index (χ4v) is 1.35. The first-order valence-electron chi connectivity index (χ1n) is 5.22. The van der Waals surface area contributed by atoms with Crippen molar-refractivity contribution >= 4 is 0 Å². The summed E-state index contributed by atoms with van der Waals surface area (Å²) in [4.78, 5) is 3.96. The van der Waals surface area contributed by atoms with Gasteiger partial charge in [-0.15, -0.1) is 0 Å². The van der Waals surface area contributed by atoms with Crippen molar-refractivity contribution in [2.75, 3.05) is 0 Å². The minimum Gasteiger partial charge on any atom is -0.262 e. The molecule has 17 heavy (non-hydrogen) atoms. The maximum Gasteiger partial charge on any atom is 0.101 e. The van der Waals surface area contributed by atoms with Crippen molar-refractivity contribution in [1.29, 1.82) is 5.26 Å². The molecule has 1 heterocycles. The predicted molar refractivity (Wildman–Crippen MR) is 66.1 cm³/mol. The SMILES string of the molecule is Cc1ccc(C#Cc2cncc(C#N)c2)cc1. The molecule has 0 fully saturated rings. The number of pyridine rings is 1. The molecule has 0 N–H and O–H groups in total. The van der Waals surface area contributed by atoms with Crippen LogP contribution >= 0.6 is 0 Å². The Morgan fingerprint density at radius 3 is 2.29 bits per heavy atom. The molecule has 0 aliphatic heterocycles. The van der Waals surface area contributed by atoms with E-state index >= 15 is 0 Å². The van der Waals surface area contributed by atoms with Gasteiger partial charge in [-0.1, -0.05) is 29.5 Å². The summed E-state index contributed by atoms with van der Waals surface area (Å²) in [6.45, 7) is 2.04. The van der Waals surface area contributed by atoms with Crippen LogP contribution in [-0.2, 0) is 0 Å².